The molecule has 1 aromatic heterocycles. The number of benzene rings is 9. The molecule has 0 fully saturated rings. The Balaban J connectivity index is 0.984. The lowest BCUT2D eigenvalue weighted by atomic mass is 9.81. The molecule has 268 valence electrons. The van der Waals surface area contributed by atoms with Gasteiger partial charge in [-0.05, 0) is 101 Å². The normalized spacial score (nSPS) is 12.9. The maximum absolute atomic E-state index is 5.23. The molecule has 10 aromatic rings. The van der Waals surface area contributed by atoms with E-state index < -0.39 is 0 Å². The second-order valence-electron chi connectivity index (χ2n) is 15.8. The number of fused-ring (bicyclic) bond motifs is 6. The van der Waals surface area contributed by atoms with E-state index in [0.717, 1.165) is 33.5 Å². The van der Waals surface area contributed by atoms with Crippen LogP contribution in [0.3, 0.4) is 0 Å². The first-order chi connectivity index (χ1) is 28.0. The van der Waals surface area contributed by atoms with E-state index in [1.54, 1.807) is 0 Å². The first-order valence-electron chi connectivity index (χ1n) is 19.7. The third-order valence-electron chi connectivity index (χ3n) is 12.1. The van der Waals surface area contributed by atoms with Gasteiger partial charge in [-0.2, -0.15) is 0 Å². The van der Waals surface area contributed by atoms with Gasteiger partial charge >= 0.3 is 0 Å². The van der Waals surface area contributed by atoms with E-state index in [0.29, 0.717) is 5.82 Å². The quantitative estimate of drug-likeness (QED) is 0.176. The van der Waals surface area contributed by atoms with Crippen molar-refractivity contribution >= 4 is 32.3 Å². The molecule has 0 N–H and O–H groups in total. The molecular formula is C55H38N2. The molecule has 1 aliphatic rings. The predicted molar refractivity (Wildman–Crippen MR) is 239 cm³/mol. The Bertz CT molecular complexity index is 3190. The smallest absolute Gasteiger partial charge is 0.160 e. The SMILES string of the molecule is CC1(C)c2cc(-c3ccc(-c4ccc(-c5cc(-c6cccc7ccccc67)nc(-c6ccccc6)n5)c5ccccc45)cc3)ccc2-c2cc3ccccc3cc21. The van der Waals surface area contributed by atoms with Crippen molar-refractivity contribution in [2.75, 3.05) is 0 Å². The van der Waals surface area contributed by atoms with E-state index in [4.69, 9.17) is 9.97 Å². The van der Waals surface area contributed by atoms with Crippen LogP contribution < -0.4 is 0 Å². The number of nitrogens with zero attached hydrogens (tertiary/aromatic N) is 2. The molecule has 0 atom stereocenters. The minimum atomic E-state index is -0.0769. The van der Waals surface area contributed by atoms with Gasteiger partial charge in [-0.25, -0.2) is 9.97 Å². The van der Waals surface area contributed by atoms with E-state index in [9.17, 15) is 0 Å². The Morgan fingerprint density at radius 2 is 0.842 bits per heavy atom. The summed E-state index contributed by atoms with van der Waals surface area (Å²) in [5.74, 6) is 0.715. The van der Waals surface area contributed by atoms with Crippen LogP contribution >= 0.6 is 0 Å². The summed E-state index contributed by atoms with van der Waals surface area (Å²) in [6, 6.07) is 70.2. The fraction of sp³-hybridized carbons (Fsp3) is 0.0545. The van der Waals surface area contributed by atoms with Crippen molar-refractivity contribution in [3.05, 3.63) is 205 Å². The van der Waals surface area contributed by atoms with Crippen LogP contribution in [0.2, 0.25) is 0 Å². The molecule has 0 saturated heterocycles. The molecule has 2 nitrogen and oxygen atoms in total. The van der Waals surface area contributed by atoms with Gasteiger partial charge in [0.1, 0.15) is 0 Å². The highest BCUT2D eigenvalue weighted by atomic mass is 14.9. The van der Waals surface area contributed by atoms with Crippen LogP contribution in [-0.2, 0) is 5.41 Å². The molecule has 1 aliphatic carbocycles. The topological polar surface area (TPSA) is 25.8 Å². The molecule has 0 saturated carbocycles. The van der Waals surface area contributed by atoms with Gasteiger partial charge in [-0.1, -0.05) is 184 Å². The molecule has 0 aliphatic heterocycles. The summed E-state index contributed by atoms with van der Waals surface area (Å²) in [5.41, 5.74) is 15.2. The zero-order valence-electron chi connectivity index (χ0n) is 31.9. The largest absolute Gasteiger partial charge is 0.228 e. The Labute approximate surface area is 332 Å². The Hall–Kier alpha value is -7.16. The lowest BCUT2D eigenvalue weighted by molar-refractivity contribution is 0.661. The minimum Gasteiger partial charge on any atom is -0.228 e. The Kier molecular flexibility index (Phi) is 7.55. The van der Waals surface area contributed by atoms with Crippen molar-refractivity contribution in [2.24, 2.45) is 0 Å². The average Bonchev–Trinajstić information content (AvgIpc) is 3.49. The molecule has 0 bridgehead atoms. The van der Waals surface area contributed by atoms with Gasteiger partial charge in [0.25, 0.3) is 0 Å². The summed E-state index contributed by atoms with van der Waals surface area (Å²) >= 11 is 0. The van der Waals surface area contributed by atoms with Gasteiger partial charge in [0, 0.05) is 22.1 Å². The molecule has 57 heavy (non-hydrogen) atoms. The third kappa shape index (κ3) is 5.48. The monoisotopic (exact) mass is 726 g/mol. The molecule has 0 unspecified atom stereocenters. The summed E-state index contributed by atoms with van der Waals surface area (Å²) < 4.78 is 0. The number of hydrogen-bond acceptors (Lipinski definition) is 2. The summed E-state index contributed by atoms with van der Waals surface area (Å²) in [5, 5.41) is 7.31. The lowest BCUT2D eigenvalue weighted by Gasteiger charge is -2.22. The second-order valence-corrected chi connectivity index (χ2v) is 15.8. The zero-order valence-corrected chi connectivity index (χ0v) is 31.9. The summed E-state index contributed by atoms with van der Waals surface area (Å²) in [6.07, 6.45) is 0. The van der Waals surface area contributed by atoms with Gasteiger partial charge < -0.3 is 0 Å². The molecule has 9 aromatic carbocycles. The van der Waals surface area contributed by atoms with Crippen molar-refractivity contribution in [2.45, 2.75) is 19.3 Å². The van der Waals surface area contributed by atoms with Crippen LogP contribution in [-0.4, -0.2) is 9.97 Å². The highest BCUT2D eigenvalue weighted by Gasteiger charge is 2.36. The van der Waals surface area contributed by atoms with E-state index in [1.165, 1.54) is 71.4 Å². The summed E-state index contributed by atoms with van der Waals surface area (Å²) in [7, 11) is 0. The molecule has 0 amide bonds. The van der Waals surface area contributed by atoms with Crippen molar-refractivity contribution in [1.29, 1.82) is 0 Å². The van der Waals surface area contributed by atoms with Gasteiger partial charge in [-0.3, -0.25) is 0 Å². The Morgan fingerprint density at radius 1 is 0.316 bits per heavy atom. The number of hydrogen-bond donors (Lipinski definition) is 0. The van der Waals surface area contributed by atoms with Crippen molar-refractivity contribution < 1.29 is 0 Å². The highest BCUT2D eigenvalue weighted by Crippen LogP contribution is 2.51. The minimum absolute atomic E-state index is 0.0769. The molecule has 0 radical (unpaired) electrons. The Morgan fingerprint density at radius 3 is 1.60 bits per heavy atom. The van der Waals surface area contributed by atoms with Gasteiger partial charge in [0.05, 0.1) is 11.4 Å². The van der Waals surface area contributed by atoms with Gasteiger partial charge in [0.15, 0.2) is 5.82 Å². The molecular weight excluding hydrogens is 689 g/mol. The molecule has 1 heterocycles. The number of aromatic nitrogens is 2. The summed E-state index contributed by atoms with van der Waals surface area (Å²) in [6.45, 7) is 4.73. The first-order valence-corrected chi connectivity index (χ1v) is 19.7. The molecule has 0 spiro atoms. The van der Waals surface area contributed by atoms with Crippen molar-refractivity contribution in [3.63, 3.8) is 0 Å². The molecule has 2 heteroatoms. The summed E-state index contributed by atoms with van der Waals surface area (Å²) in [4.78, 5) is 10.4. The first kappa shape index (κ1) is 33.2. The van der Waals surface area contributed by atoms with Crippen LogP contribution in [0, 0.1) is 0 Å². The van der Waals surface area contributed by atoms with E-state index in [2.05, 4.69) is 190 Å². The van der Waals surface area contributed by atoms with Crippen LogP contribution in [0.15, 0.2) is 194 Å². The van der Waals surface area contributed by atoms with Crippen LogP contribution in [0.4, 0.5) is 0 Å². The van der Waals surface area contributed by atoms with Crippen LogP contribution in [0.25, 0.3) is 99.6 Å². The maximum atomic E-state index is 5.23. The van der Waals surface area contributed by atoms with Gasteiger partial charge in [-0.15, -0.1) is 0 Å². The molecule has 11 rings (SSSR count). The third-order valence-corrected chi connectivity index (χ3v) is 12.1. The van der Waals surface area contributed by atoms with Crippen LogP contribution in [0.5, 0.6) is 0 Å². The maximum Gasteiger partial charge on any atom is 0.160 e. The predicted octanol–water partition coefficient (Wildman–Crippen LogP) is 14.6. The average molecular weight is 727 g/mol. The van der Waals surface area contributed by atoms with E-state index in [-0.39, 0.29) is 5.41 Å². The second kappa shape index (κ2) is 13.0. The number of rotatable bonds is 5. The highest BCUT2D eigenvalue weighted by molar-refractivity contribution is 6.05. The zero-order chi connectivity index (χ0) is 38.1. The fourth-order valence-corrected chi connectivity index (χ4v) is 9.11. The van der Waals surface area contributed by atoms with Crippen molar-refractivity contribution in [3.8, 4) is 67.3 Å². The standard InChI is InChI=1S/C55H38N2/c1-55(2)50-33-41(27-28-46(50)49-31-39-16-6-7-17-40(39)32-51(49)55)35-23-25-37(26-24-35)43-29-30-48(45-21-11-10-20-44(43)45)53-34-52(56-54(57-53)38-14-4-3-5-15-38)47-22-12-18-36-13-8-9-19-42(36)47/h3-34H,1-2H3. The van der Waals surface area contributed by atoms with E-state index >= 15 is 0 Å². The van der Waals surface area contributed by atoms with Gasteiger partial charge in [0.2, 0.25) is 0 Å². The van der Waals surface area contributed by atoms with Crippen molar-refractivity contribution in [1.82, 2.24) is 9.97 Å². The van der Waals surface area contributed by atoms with Crippen LogP contribution in [0.1, 0.15) is 25.0 Å². The fourth-order valence-electron chi connectivity index (χ4n) is 9.11. The lowest BCUT2D eigenvalue weighted by Crippen LogP contribution is -2.15. The van der Waals surface area contributed by atoms with E-state index in [1.807, 2.05) is 18.2 Å².